The lowest BCUT2D eigenvalue weighted by Gasteiger charge is -2.31. The van der Waals surface area contributed by atoms with Crippen molar-refractivity contribution in [2.45, 2.75) is 64.6 Å². The van der Waals surface area contributed by atoms with Crippen molar-refractivity contribution in [2.24, 2.45) is 5.92 Å². The van der Waals surface area contributed by atoms with E-state index >= 15 is 0 Å². The highest BCUT2D eigenvalue weighted by molar-refractivity contribution is 4.90. The van der Waals surface area contributed by atoms with Gasteiger partial charge in [0.15, 0.2) is 0 Å². The fraction of sp³-hybridized carbons (Fsp3) is 1.00. The van der Waals surface area contributed by atoms with Gasteiger partial charge in [-0.3, -0.25) is 4.90 Å². The highest BCUT2D eigenvalue weighted by Crippen LogP contribution is 2.23. The summed E-state index contributed by atoms with van der Waals surface area (Å²) >= 11 is 0. The first kappa shape index (κ1) is 11.4. The van der Waals surface area contributed by atoms with Crippen LogP contribution in [0.5, 0.6) is 0 Å². The van der Waals surface area contributed by atoms with E-state index in [2.05, 4.69) is 31.0 Å². The lowest BCUT2D eigenvalue weighted by Crippen LogP contribution is -2.40. The van der Waals surface area contributed by atoms with Crippen molar-refractivity contribution in [1.29, 1.82) is 0 Å². The van der Waals surface area contributed by atoms with Crippen LogP contribution in [0.1, 0.15) is 46.5 Å². The van der Waals surface area contributed by atoms with Crippen LogP contribution in [0.4, 0.5) is 0 Å². The zero-order chi connectivity index (χ0) is 10.8. The van der Waals surface area contributed by atoms with E-state index in [0.29, 0.717) is 0 Å². The van der Waals surface area contributed by atoms with E-state index in [1.165, 1.54) is 38.8 Å². The van der Waals surface area contributed by atoms with Gasteiger partial charge in [-0.05, 0) is 45.1 Å². The van der Waals surface area contributed by atoms with Crippen molar-refractivity contribution in [3.05, 3.63) is 0 Å². The molecule has 3 unspecified atom stereocenters. The fourth-order valence-electron chi connectivity index (χ4n) is 3.20. The number of likely N-dealkylation sites (tertiary alicyclic amines) is 1. The summed E-state index contributed by atoms with van der Waals surface area (Å²) in [6.45, 7) is 9.66. The van der Waals surface area contributed by atoms with Crippen molar-refractivity contribution in [3.63, 3.8) is 0 Å². The van der Waals surface area contributed by atoms with Crippen LogP contribution in [-0.2, 0) is 0 Å². The van der Waals surface area contributed by atoms with E-state index < -0.39 is 0 Å². The Morgan fingerprint density at radius 2 is 1.87 bits per heavy atom. The van der Waals surface area contributed by atoms with E-state index in [1.807, 2.05) is 0 Å². The van der Waals surface area contributed by atoms with Crippen LogP contribution in [0.15, 0.2) is 0 Å². The molecule has 1 N–H and O–H groups in total. The van der Waals surface area contributed by atoms with Crippen molar-refractivity contribution in [1.82, 2.24) is 10.2 Å². The molecular formula is C13H26N2. The minimum atomic E-state index is 0.770. The number of nitrogens with zero attached hydrogens (tertiary/aromatic N) is 1. The minimum Gasteiger partial charge on any atom is -0.310 e. The summed E-state index contributed by atoms with van der Waals surface area (Å²) in [6.07, 6.45) is 5.52. The van der Waals surface area contributed by atoms with Crippen molar-refractivity contribution in [3.8, 4) is 0 Å². The zero-order valence-electron chi connectivity index (χ0n) is 10.5. The average molecular weight is 210 g/mol. The molecule has 15 heavy (non-hydrogen) atoms. The van der Waals surface area contributed by atoms with Gasteiger partial charge in [0.25, 0.3) is 0 Å². The fourth-order valence-corrected chi connectivity index (χ4v) is 3.20. The third-order valence-corrected chi connectivity index (χ3v) is 3.99. The molecule has 0 aromatic carbocycles. The number of hydrogen-bond acceptors (Lipinski definition) is 2. The lowest BCUT2D eigenvalue weighted by molar-refractivity contribution is 0.177. The molecule has 2 bridgehead atoms. The van der Waals surface area contributed by atoms with E-state index in [-0.39, 0.29) is 0 Å². The molecule has 0 aliphatic carbocycles. The minimum absolute atomic E-state index is 0.770. The molecule has 2 saturated heterocycles. The average Bonchev–Trinajstić information content (AvgIpc) is 2.44. The van der Waals surface area contributed by atoms with Gasteiger partial charge in [-0.1, -0.05) is 13.8 Å². The van der Waals surface area contributed by atoms with Gasteiger partial charge >= 0.3 is 0 Å². The first-order valence-electron chi connectivity index (χ1n) is 6.65. The van der Waals surface area contributed by atoms with Gasteiger partial charge in [-0.2, -0.15) is 0 Å². The Hall–Kier alpha value is -0.0800. The Kier molecular flexibility index (Phi) is 3.68. The smallest absolute Gasteiger partial charge is 0.0198 e. The van der Waals surface area contributed by atoms with E-state index in [9.17, 15) is 0 Å². The zero-order valence-corrected chi connectivity index (χ0v) is 10.5. The molecule has 2 aliphatic heterocycles. The molecular weight excluding hydrogens is 184 g/mol. The first-order chi connectivity index (χ1) is 7.15. The molecule has 88 valence electrons. The largest absolute Gasteiger partial charge is 0.310 e. The number of rotatable bonds is 3. The summed E-state index contributed by atoms with van der Waals surface area (Å²) in [5.41, 5.74) is 0. The Morgan fingerprint density at radius 1 is 1.13 bits per heavy atom. The summed E-state index contributed by atoms with van der Waals surface area (Å²) in [6, 6.07) is 2.38. The number of hydrogen-bond donors (Lipinski definition) is 1. The van der Waals surface area contributed by atoms with Gasteiger partial charge in [0.05, 0.1) is 0 Å². The maximum Gasteiger partial charge on any atom is 0.0198 e. The van der Waals surface area contributed by atoms with Gasteiger partial charge in [0.1, 0.15) is 0 Å². The number of nitrogens with one attached hydrogen (secondary N) is 1. The predicted octanol–water partition coefficient (Wildman–Crippen LogP) is 2.25. The predicted molar refractivity (Wildman–Crippen MR) is 65.1 cm³/mol. The number of fused-ring (bicyclic) bond motifs is 2. The molecule has 0 aromatic rings. The third kappa shape index (κ3) is 2.94. The Morgan fingerprint density at radius 3 is 2.60 bits per heavy atom. The van der Waals surface area contributed by atoms with E-state index in [4.69, 9.17) is 0 Å². The van der Waals surface area contributed by atoms with Crippen LogP contribution in [-0.4, -0.2) is 36.1 Å². The van der Waals surface area contributed by atoms with Crippen LogP contribution in [0, 0.1) is 5.92 Å². The second kappa shape index (κ2) is 4.84. The van der Waals surface area contributed by atoms with Gasteiger partial charge in [-0.25, -0.2) is 0 Å². The summed E-state index contributed by atoms with van der Waals surface area (Å²) < 4.78 is 0. The summed E-state index contributed by atoms with van der Waals surface area (Å²) in [5.74, 6) is 0.827. The van der Waals surface area contributed by atoms with Crippen LogP contribution in [0.25, 0.3) is 0 Å². The van der Waals surface area contributed by atoms with Crippen molar-refractivity contribution < 1.29 is 0 Å². The molecule has 2 heterocycles. The molecule has 2 rings (SSSR count). The Labute approximate surface area is 94.4 Å². The topological polar surface area (TPSA) is 15.3 Å². The van der Waals surface area contributed by atoms with Crippen molar-refractivity contribution >= 4 is 0 Å². The summed E-state index contributed by atoms with van der Waals surface area (Å²) in [4.78, 5) is 2.71. The molecule has 0 saturated carbocycles. The molecule has 0 radical (unpaired) electrons. The van der Waals surface area contributed by atoms with Crippen LogP contribution in [0.3, 0.4) is 0 Å². The van der Waals surface area contributed by atoms with Gasteiger partial charge in [0, 0.05) is 24.7 Å². The highest BCUT2D eigenvalue weighted by Gasteiger charge is 2.30. The molecule has 0 spiro atoms. The lowest BCUT2D eigenvalue weighted by atomic mass is 10.0. The van der Waals surface area contributed by atoms with Gasteiger partial charge in [-0.15, -0.1) is 0 Å². The Bertz CT molecular complexity index is 203. The summed E-state index contributed by atoms with van der Waals surface area (Å²) in [7, 11) is 0. The Balaban J connectivity index is 1.87. The standard InChI is InChI=1S/C13H26N2/c1-10(2)8-11(3)15-7-6-12-4-5-13(9-15)14-12/h10-14H,4-9H2,1-3H3. The van der Waals surface area contributed by atoms with Crippen LogP contribution >= 0.6 is 0 Å². The van der Waals surface area contributed by atoms with Gasteiger partial charge in [0.2, 0.25) is 0 Å². The molecule has 3 atom stereocenters. The quantitative estimate of drug-likeness (QED) is 0.768. The maximum atomic E-state index is 3.75. The molecule has 2 fully saturated rings. The van der Waals surface area contributed by atoms with Crippen molar-refractivity contribution in [2.75, 3.05) is 13.1 Å². The first-order valence-corrected chi connectivity index (χ1v) is 6.65. The van der Waals surface area contributed by atoms with Gasteiger partial charge < -0.3 is 5.32 Å². The second-order valence-electron chi connectivity index (χ2n) is 5.90. The monoisotopic (exact) mass is 210 g/mol. The summed E-state index contributed by atoms with van der Waals surface area (Å²) in [5, 5.41) is 3.75. The molecule has 0 amide bonds. The molecule has 0 aromatic heterocycles. The molecule has 2 nitrogen and oxygen atoms in total. The van der Waals surface area contributed by atoms with E-state index in [1.54, 1.807) is 0 Å². The second-order valence-corrected chi connectivity index (χ2v) is 5.90. The molecule has 2 aliphatic rings. The maximum absolute atomic E-state index is 3.75. The highest BCUT2D eigenvalue weighted by atomic mass is 15.2. The van der Waals surface area contributed by atoms with Crippen LogP contribution in [0.2, 0.25) is 0 Å². The van der Waals surface area contributed by atoms with E-state index in [0.717, 1.165) is 24.0 Å². The normalized spacial score (nSPS) is 34.4. The third-order valence-electron chi connectivity index (χ3n) is 3.99. The molecule has 2 heteroatoms. The van der Waals surface area contributed by atoms with Crippen LogP contribution < -0.4 is 5.32 Å². The SMILES string of the molecule is CC(C)CC(C)N1CCC2CCC(C1)N2.